The third kappa shape index (κ3) is 3.09. The van der Waals surface area contributed by atoms with Crippen LogP contribution in [0.25, 0.3) is 0 Å². The van der Waals surface area contributed by atoms with Gasteiger partial charge in [0, 0.05) is 18.8 Å². The summed E-state index contributed by atoms with van der Waals surface area (Å²) in [7, 11) is 1.62. The van der Waals surface area contributed by atoms with Crippen LogP contribution in [0, 0.1) is 0 Å². The fourth-order valence-corrected chi connectivity index (χ4v) is 2.31. The summed E-state index contributed by atoms with van der Waals surface area (Å²) in [4.78, 5) is 3.96. The van der Waals surface area contributed by atoms with E-state index in [0.29, 0.717) is 6.42 Å². The molecule has 1 heterocycles. The van der Waals surface area contributed by atoms with Crippen LogP contribution >= 0.6 is 15.9 Å². The summed E-state index contributed by atoms with van der Waals surface area (Å²) >= 11 is 3.41. The smallest absolute Gasteiger partial charge is 0.133 e. The van der Waals surface area contributed by atoms with E-state index in [1.807, 2.05) is 30.3 Å². The van der Waals surface area contributed by atoms with Crippen LogP contribution < -0.4 is 4.74 Å². The zero-order valence-corrected chi connectivity index (χ0v) is 11.6. The maximum Gasteiger partial charge on any atom is 0.133 e. The number of pyridine rings is 1. The first-order valence-corrected chi connectivity index (χ1v) is 6.40. The molecule has 2 aromatic rings. The van der Waals surface area contributed by atoms with Gasteiger partial charge in [-0.2, -0.15) is 0 Å². The van der Waals surface area contributed by atoms with Crippen LogP contribution in [-0.2, 0) is 6.42 Å². The van der Waals surface area contributed by atoms with Gasteiger partial charge in [0.15, 0.2) is 0 Å². The van der Waals surface area contributed by atoms with Gasteiger partial charge in [0.05, 0.1) is 17.7 Å². The Balaban J connectivity index is 2.14. The lowest BCUT2D eigenvalue weighted by Gasteiger charge is -2.12. The Hall–Kier alpha value is -1.39. The standard InChI is InChI=1S/C14H14BrNO2/c1-18-14-3-2-11(9-12(14)15)13(17)8-10-4-6-16-7-5-10/h2-7,9,13,17H,8H2,1H3. The van der Waals surface area contributed by atoms with E-state index in [-0.39, 0.29) is 0 Å². The van der Waals surface area contributed by atoms with Gasteiger partial charge in [0.2, 0.25) is 0 Å². The van der Waals surface area contributed by atoms with Crippen molar-refractivity contribution in [3.63, 3.8) is 0 Å². The number of aromatic nitrogens is 1. The van der Waals surface area contributed by atoms with Gasteiger partial charge in [-0.25, -0.2) is 0 Å². The average Bonchev–Trinajstić information content (AvgIpc) is 2.39. The molecule has 1 aromatic heterocycles. The average molecular weight is 308 g/mol. The molecule has 0 bridgehead atoms. The first-order valence-electron chi connectivity index (χ1n) is 5.61. The molecule has 2 rings (SSSR count). The predicted octanol–water partition coefficient (Wildman–Crippen LogP) is 3.13. The van der Waals surface area contributed by atoms with Crippen molar-refractivity contribution in [3.8, 4) is 5.75 Å². The quantitative estimate of drug-likeness (QED) is 0.943. The fraction of sp³-hybridized carbons (Fsp3) is 0.214. The topological polar surface area (TPSA) is 42.4 Å². The van der Waals surface area contributed by atoms with Crippen molar-refractivity contribution in [2.24, 2.45) is 0 Å². The molecule has 3 nitrogen and oxygen atoms in total. The Morgan fingerprint density at radius 1 is 1.28 bits per heavy atom. The zero-order chi connectivity index (χ0) is 13.0. The number of aliphatic hydroxyl groups is 1. The highest BCUT2D eigenvalue weighted by Crippen LogP contribution is 2.29. The van der Waals surface area contributed by atoms with Crippen LogP contribution in [0.3, 0.4) is 0 Å². The highest BCUT2D eigenvalue weighted by Gasteiger charge is 2.10. The number of halogens is 1. The van der Waals surface area contributed by atoms with Gasteiger partial charge in [0.25, 0.3) is 0 Å². The number of ether oxygens (including phenoxy) is 1. The minimum atomic E-state index is -0.533. The number of aliphatic hydroxyl groups excluding tert-OH is 1. The first kappa shape index (κ1) is 13.1. The highest BCUT2D eigenvalue weighted by atomic mass is 79.9. The molecule has 0 aliphatic carbocycles. The predicted molar refractivity (Wildman–Crippen MR) is 73.6 cm³/mol. The lowest BCUT2D eigenvalue weighted by Crippen LogP contribution is -2.02. The SMILES string of the molecule is COc1ccc(C(O)Cc2ccncc2)cc1Br. The van der Waals surface area contributed by atoms with Gasteiger partial charge in [-0.3, -0.25) is 4.98 Å². The molecule has 0 aliphatic heterocycles. The number of rotatable bonds is 4. The van der Waals surface area contributed by atoms with Gasteiger partial charge in [-0.05, 0) is 51.3 Å². The van der Waals surface area contributed by atoms with E-state index in [9.17, 15) is 5.11 Å². The monoisotopic (exact) mass is 307 g/mol. The van der Waals surface area contributed by atoms with Gasteiger partial charge >= 0.3 is 0 Å². The van der Waals surface area contributed by atoms with E-state index in [1.165, 1.54) is 0 Å². The lowest BCUT2D eigenvalue weighted by atomic mass is 10.0. The van der Waals surface area contributed by atoms with Crippen molar-refractivity contribution in [3.05, 3.63) is 58.3 Å². The zero-order valence-electron chi connectivity index (χ0n) is 10.0. The second-order valence-corrected chi connectivity index (χ2v) is 4.82. The number of benzene rings is 1. The molecule has 0 amide bonds. The molecule has 1 unspecified atom stereocenters. The molecule has 0 spiro atoms. The second-order valence-electron chi connectivity index (χ2n) is 3.97. The summed E-state index contributed by atoms with van der Waals surface area (Å²) < 4.78 is 6.00. The molecule has 4 heteroatoms. The third-order valence-corrected chi connectivity index (χ3v) is 3.36. The molecule has 0 saturated heterocycles. The van der Waals surface area contributed by atoms with Crippen molar-refractivity contribution in [2.75, 3.05) is 7.11 Å². The summed E-state index contributed by atoms with van der Waals surface area (Å²) in [6, 6.07) is 9.40. The van der Waals surface area contributed by atoms with Gasteiger partial charge in [-0.1, -0.05) is 6.07 Å². The Morgan fingerprint density at radius 2 is 2.00 bits per heavy atom. The van der Waals surface area contributed by atoms with Crippen LogP contribution in [0.15, 0.2) is 47.2 Å². The molecule has 94 valence electrons. The van der Waals surface area contributed by atoms with Crippen molar-refractivity contribution >= 4 is 15.9 Å². The molecular weight excluding hydrogens is 294 g/mol. The molecule has 0 fully saturated rings. The summed E-state index contributed by atoms with van der Waals surface area (Å²) in [5.74, 6) is 0.759. The van der Waals surface area contributed by atoms with E-state index in [0.717, 1.165) is 21.3 Å². The molecule has 0 radical (unpaired) electrons. The van der Waals surface area contributed by atoms with Crippen molar-refractivity contribution in [1.82, 2.24) is 4.98 Å². The first-order chi connectivity index (χ1) is 8.70. The Morgan fingerprint density at radius 3 is 2.61 bits per heavy atom. The largest absolute Gasteiger partial charge is 0.496 e. The Labute approximate surface area is 115 Å². The van der Waals surface area contributed by atoms with E-state index < -0.39 is 6.10 Å². The molecule has 0 aliphatic rings. The van der Waals surface area contributed by atoms with E-state index in [4.69, 9.17) is 4.74 Å². The molecule has 1 atom stereocenters. The number of hydrogen-bond acceptors (Lipinski definition) is 3. The van der Waals surface area contributed by atoms with Crippen LogP contribution in [0.5, 0.6) is 5.75 Å². The van der Waals surface area contributed by atoms with Crippen molar-refractivity contribution in [1.29, 1.82) is 0 Å². The molecular formula is C14H14BrNO2. The minimum Gasteiger partial charge on any atom is -0.496 e. The second kappa shape index (κ2) is 5.98. The van der Waals surface area contributed by atoms with Crippen LogP contribution in [-0.4, -0.2) is 17.2 Å². The molecule has 0 saturated carbocycles. The van der Waals surface area contributed by atoms with E-state index in [1.54, 1.807) is 19.5 Å². The highest BCUT2D eigenvalue weighted by molar-refractivity contribution is 9.10. The van der Waals surface area contributed by atoms with Crippen molar-refractivity contribution < 1.29 is 9.84 Å². The van der Waals surface area contributed by atoms with Crippen LogP contribution in [0.4, 0.5) is 0 Å². The van der Waals surface area contributed by atoms with Crippen LogP contribution in [0.2, 0.25) is 0 Å². The summed E-state index contributed by atoms with van der Waals surface area (Å²) in [5.41, 5.74) is 1.92. The lowest BCUT2D eigenvalue weighted by molar-refractivity contribution is 0.178. The van der Waals surface area contributed by atoms with Gasteiger partial charge in [-0.15, -0.1) is 0 Å². The van der Waals surface area contributed by atoms with Gasteiger partial charge < -0.3 is 9.84 Å². The molecule has 1 N–H and O–H groups in total. The summed E-state index contributed by atoms with van der Waals surface area (Å²) in [6.07, 6.45) is 3.49. The van der Waals surface area contributed by atoms with Gasteiger partial charge in [0.1, 0.15) is 5.75 Å². The van der Waals surface area contributed by atoms with Crippen molar-refractivity contribution in [2.45, 2.75) is 12.5 Å². The number of hydrogen-bond donors (Lipinski definition) is 1. The molecule has 18 heavy (non-hydrogen) atoms. The van der Waals surface area contributed by atoms with E-state index >= 15 is 0 Å². The maximum atomic E-state index is 10.2. The molecule has 1 aromatic carbocycles. The Kier molecular flexibility index (Phi) is 4.33. The fourth-order valence-electron chi connectivity index (χ4n) is 1.75. The number of methoxy groups -OCH3 is 1. The number of nitrogens with zero attached hydrogens (tertiary/aromatic N) is 1. The normalized spacial score (nSPS) is 12.2. The van der Waals surface area contributed by atoms with Crippen LogP contribution in [0.1, 0.15) is 17.2 Å². The Bertz CT molecular complexity index is 516. The summed E-state index contributed by atoms with van der Waals surface area (Å²) in [6.45, 7) is 0. The maximum absolute atomic E-state index is 10.2. The summed E-state index contributed by atoms with van der Waals surface area (Å²) in [5, 5.41) is 10.2. The third-order valence-electron chi connectivity index (χ3n) is 2.74. The van der Waals surface area contributed by atoms with E-state index in [2.05, 4.69) is 20.9 Å². The minimum absolute atomic E-state index is 0.533.